The van der Waals surface area contributed by atoms with E-state index in [9.17, 15) is 23.3 Å². The summed E-state index contributed by atoms with van der Waals surface area (Å²) in [7, 11) is 0. The van der Waals surface area contributed by atoms with Gasteiger partial charge in [0.1, 0.15) is 5.75 Å². The molecule has 0 aliphatic heterocycles. The molecule has 0 spiro atoms. The van der Waals surface area contributed by atoms with Crippen molar-refractivity contribution in [1.82, 2.24) is 0 Å². The fourth-order valence-electron chi connectivity index (χ4n) is 1.19. The number of hydrogen-bond donors (Lipinski definition) is 0. The third-order valence-corrected chi connectivity index (χ3v) is 1.94. The summed E-state index contributed by atoms with van der Waals surface area (Å²) in [5.41, 5.74) is -1.43. The lowest BCUT2D eigenvalue weighted by molar-refractivity contribution is -0.385. The first kappa shape index (κ1) is 13.3. The molecule has 0 aliphatic carbocycles. The monoisotopic (exact) mass is 249 g/mol. The number of hydrogen-bond acceptors (Lipinski definition) is 3. The smallest absolute Gasteiger partial charge is 0.419 e. The molecular weight excluding hydrogens is 239 g/mol. The normalized spacial score (nSPS) is 11.3. The highest BCUT2D eigenvalue weighted by Crippen LogP contribution is 2.38. The molecule has 94 valence electrons. The summed E-state index contributed by atoms with van der Waals surface area (Å²) in [5.74, 6) is -0.506. The van der Waals surface area contributed by atoms with Crippen molar-refractivity contribution >= 4 is 5.69 Å². The lowest BCUT2D eigenvalue weighted by atomic mass is 10.1. The Kier molecular flexibility index (Phi) is 3.93. The van der Waals surface area contributed by atoms with E-state index >= 15 is 0 Å². The average Bonchev–Trinajstić information content (AvgIpc) is 2.24. The second-order valence-electron chi connectivity index (χ2n) is 3.28. The summed E-state index contributed by atoms with van der Waals surface area (Å²) in [5, 5.41) is 10.5. The summed E-state index contributed by atoms with van der Waals surface area (Å²) in [6.45, 7) is 1.80. The van der Waals surface area contributed by atoms with Gasteiger partial charge in [0.2, 0.25) is 0 Å². The fraction of sp³-hybridized carbons (Fsp3) is 0.400. The van der Waals surface area contributed by atoms with Crippen LogP contribution in [0.4, 0.5) is 18.9 Å². The predicted molar refractivity (Wildman–Crippen MR) is 53.9 cm³/mol. The Morgan fingerprint density at radius 2 is 2.06 bits per heavy atom. The van der Waals surface area contributed by atoms with Crippen molar-refractivity contribution in [3.63, 3.8) is 0 Å². The van der Waals surface area contributed by atoms with Gasteiger partial charge in [-0.15, -0.1) is 0 Å². The van der Waals surface area contributed by atoms with Crippen molar-refractivity contribution in [2.45, 2.75) is 19.5 Å². The molecule has 0 saturated heterocycles. The van der Waals surface area contributed by atoms with Crippen molar-refractivity contribution in [3.05, 3.63) is 33.9 Å². The van der Waals surface area contributed by atoms with Crippen LogP contribution in [-0.2, 0) is 6.18 Å². The molecular formula is C10H10F3NO3. The number of benzene rings is 1. The lowest BCUT2D eigenvalue weighted by Gasteiger charge is -2.13. The Morgan fingerprint density at radius 3 is 2.53 bits per heavy atom. The highest BCUT2D eigenvalue weighted by atomic mass is 19.4. The first-order valence-electron chi connectivity index (χ1n) is 4.84. The molecule has 0 aliphatic rings. The van der Waals surface area contributed by atoms with E-state index in [4.69, 9.17) is 4.74 Å². The third-order valence-electron chi connectivity index (χ3n) is 1.94. The van der Waals surface area contributed by atoms with Gasteiger partial charge in [-0.25, -0.2) is 0 Å². The molecule has 7 heteroatoms. The minimum Gasteiger partial charge on any atom is -0.493 e. The van der Waals surface area contributed by atoms with Crippen LogP contribution in [0.1, 0.15) is 18.9 Å². The molecule has 0 N–H and O–H groups in total. The van der Waals surface area contributed by atoms with E-state index in [1.807, 2.05) is 0 Å². The van der Waals surface area contributed by atoms with E-state index in [1.54, 1.807) is 6.92 Å². The van der Waals surface area contributed by atoms with Crippen LogP contribution < -0.4 is 4.74 Å². The summed E-state index contributed by atoms with van der Waals surface area (Å²) in [6, 6.07) is 2.25. The van der Waals surface area contributed by atoms with Gasteiger partial charge in [0.25, 0.3) is 5.69 Å². The van der Waals surface area contributed by atoms with E-state index in [0.717, 1.165) is 12.1 Å². The summed E-state index contributed by atoms with van der Waals surface area (Å²) in [6.07, 6.45) is -4.07. The van der Waals surface area contributed by atoms with Crippen molar-refractivity contribution in [1.29, 1.82) is 0 Å². The number of alkyl halides is 3. The molecule has 0 radical (unpaired) electrons. The maximum atomic E-state index is 12.6. The summed E-state index contributed by atoms with van der Waals surface area (Å²) >= 11 is 0. The van der Waals surface area contributed by atoms with E-state index in [1.165, 1.54) is 0 Å². The zero-order valence-electron chi connectivity index (χ0n) is 8.95. The molecule has 0 unspecified atom stereocenters. The van der Waals surface area contributed by atoms with E-state index in [-0.39, 0.29) is 6.61 Å². The molecule has 0 saturated carbocycles. The molecule has 17 heavy (non-hydrogen) atoms. The minimum absolute atomic E-state index is 0.0737. The highest BCUT2D eigenvalue weighted by molar-refractivity contribution is 5.45. The van der Waals surface area contributed by atoms with E-state index in [0.29, 0.717) is 12.5 Å². The van der Waals surface area contributed by atoms with Gasteiger partial charge in [-0.05, 0) is 12.5 Å². The Morgan fingerprint density at radius 1 is 1.41 bits per heavy atom. The molecule has 0 bridgehead atoms. The molecule has 0 atom stereocenters. The van der Waals surface area contributed by atoms with Crippen molar-refractivity contribution in [2.24, 2.45) is 0 Å². The molecule has 0 aromatic heterocycles. The number of ether oxygens (including phenoxy) is 1. The third kappa shape index (κ3) is 3.33. The molecule has 1 aromatic rings. The van der Waals surface area contributed by atoms with Crippen molar-refractivity contribution in [2.75, 3.05) is 6.61 Å². The number of halogens is 3. The maximum Gasteiger partial charge on any atom is 0.419 e. The lowest BCUT2D eigenvalue weighted by Crippen LogP contribution is -2.09. The largest absolute Gasteiger partial charge is 0.493 e. The number of non-ortho nitro benzene ring substituents is 1. The SMILES string of the molecule is CCCOc1cc([N+](=O)[O-])ccc1C(F)(F)F. The van der Waals surface area contributed by atoms with Gasteiger partial charge < -0.3 is 4.74 Å². The minimum atomic E-state index is -4.59. The fourth-order valence-corrected chi connectivity index (χ4v) is 1.19. The zero-order chi connectivity index (χ0) is 13.1. The number of nitrogens with zero attached hydrogens (tertiary/aromatic N) is 1. The van der Waals surface area contributed by atoms with Crippen LogP contribution in [0.15, 0.2) is 18.2 Å². The predicted octanol–water partition coefficient (Wildman–Crippen LogP) is 3.40. The van der Waals surface area contributed by atoms with Gasteiger partial charge in [0.05, 0.1) is 23.2 Å². The molecule has 1 rings (SSSR count). The van der Waals surface area contributed by atoms with Gasteiger partial charge >= 0.3 is 6.18 Å². The highest BCUT2D eigenvalue weighted by Gasteiger charge is 2.35. The van der Waals surface area contributed by atoms with Crippen LogP contribution in [0.25, 0.3) is 0 Å². The van der Waals surface area contributed by atoms with Crippen molar-refractivity contribution in [3.8, 4) is 5.75 Å². The Bertz CT molecular complexity index is 418. The second kappa shape index (κ2) is 5.03. The van der Waals surface area contributed by atoms with Crippen LogP contribution in [0.3, 0.4) is 0 Å². The average molecular weight is 249 g/mol. The van der Waals surface area contributed by atoms with Crippen LogP contribution in [0.2, 0.25) is 0 Å². The van der Waals surface area contributed by atoms with E-state index < -0.39 is 28.1 Å². The maximum absolute atomic E-state index is 12.6. The molecule has 0 fully saturated rings. The topological polar surface area (TPSA) is 52.4 Å². The zero-order valence-corrected chi connectivity index (χ0v) is 8.95. The van der Waals surface area contributed by atoms with Gasteiger partial charge in [-0.1, -0.05) is 6.92 Å². The standard InChI is InChI=1S/C10H10F3NO3/c1-2-5-17-9-6-7(14(15)16)3-4-8(9)10(11,12)13/h3-4,6H,2,5H2,1H3. The van der Waals surface area contributed by atoms with Gasteiger partial charge in [-0.2, -0.15) is 13.2 Å². The number of nitro groups is 1. The molecule has 4 nitrogen and oxygen atoms in total. The number of nitro benzene ring substituents is 1. The second-order valence-corrected chi connectivity index (χ2v) is 3.28. The quantitative estimate of drug-likeness (QED) is 0.607. The van der Waals surface area contributed by atoms with Crippen LogP contribution in [0.5, 0.6) is 5.75 Å². The van der Waals surface area contributed by atoms with Gasteiger partial charge in [-0.3, -0.25) is 10.1 Å². The van der Waals surface area contributed by atoms with Crippen LogP contribution in [0, 0.1) is 10.1 Å². The first-order chi connectivity index (χ1) is 7.86. The van der Waals surface area contributed by atoms with E-state index in [2.05, 4.69) is 0 Å². The molecule has 0 heterocycles. The first-order valence-corrected chi connectivity index (χ1v) is 4.84. The van der Waals surface area contributed by atoms with Gasteiger partial charge in [0, 0.05) is 6.07 Å². The molecule has 0 amide bonds. The summed E-state index contributed by atoms with van der Waals surface area (Å²) < 4.78 is 42.6. The molecule has 1 aromatic carbocycles. The number of rotatable bonds is 4. The summed E-state index contributed by atoms with van der Waals surface area (Å²) in [4.78, 5) is 9.69. The van der Waals surface area contributed by atoms with Crippen LogP contribution >= 0.6 is 0 Å². The van der Waals surface area contributed by atoms with Crippen molar-refractivity contribution < 1.29 is 22.8 Å². The Labute approximate surface area is 95.2 Å². The van der Waals surface area contributed by atoms with Crippen LogP contribution in [-0.4, -0.2) is 11.5 Å². The Hall–Kier alpha value is -1.79. The van der Waals surface area contributed by atoms with Gasteiger partial charge in [0.15, 0.2) is 0 Å². The Balaban J connectivity index is 3.17.